The van der Waals surface area contributed by atoms with Gasteiger partial charge in [0.15, 0.2) is 6.29 Å². The maximum atomic E-state index is 12.5. The summed E-state index contributed by atoms with van der Waals surface area (Å²) in [7, 11) is 0. The van der Waals surface area contributed by atoms with Crippen LogP contribution in [0.4, 0.5) is 0 Å². The smallest absolute Gasteiger partial charge is 0.223 e. The molecule has 6 nitrogen and oxygen atoms in total. The van der Waals surface area contributed by atoms with Crippen molar-refractivity contribution in [2.24, 2.45) is 0 Å². The molecule has 1 amide bonds. The van der Waals surface area contributed by atoms with E-state index in [9.17, 15) is 4.79 Å². The number of aryl methyl sites for hydroxylation is 1. The van der Waals surface area contributed by atoms with Gasteiger partial charge in [-0.15, -0.1) is 0 Å². The largest absolute Gasteiger partial charge is 0.348 e. The summed E-state index contributed by atoms with van der Waals surface area (Å²) >= 11 is 0. The van der Waals surface area contributed by atoms with Crippen molar-refractivity contribution >= 4 is 5.91 Å². The predicted molar refractivity (Wildman–Crippen MR) is 76.5 cm³/mol. The molecule has 0 aliphatic carbocycles. The molecule has 0 aromatic carbocycles. The van der Waals surface area contributed by atoms with E-state index in [1.165, 1.54) is 0 Å². The quantitative estimate of drug-likeness (QED) is 0.824. The molecule has 0 bridgehead atoms. The Bertz CT molecular complexity index is 443. The average Bonchev–Trinajstić information content (AvgIpc) is 3.20. The van der Waals surface area contributed by atoms with Crippen LogP contribution in [0, 0.1) is 0 Å². The summed E-state index contributed by atoms with van der Waals surface area (Å²) < 4.78 is 13.1. The molecule has 21 heavy (non-hydrogen) atoms. The van der Waals surface area contributed by atoms with Gasteiger partial charge in [0.1, 0.15) is 0 Å². The van der Waals surface area contributed by atoms with Gasteiger partial charge in [0.2, 0.25) is 5.91 Å². The molecule has 2 aliphatic rings. The Kier molecular flexibility index (Phi) is 4.87. The first kappa shape index (κ1) is 14.5. The van der Waals surface area contributed by atoms with Crippen molar-refractivity contribution in [3.8, 4) is 0 Å². The van der Waals surface area contributed by atoms with Crippen LogP contribution in [0.5, 0.6) is 0 Å². The molecule has 2 saturated heterocycles. The number of rotatable bonds is 5. The molecule has 3 rings (SSSR count). The minimum Gasteiger partial charge on any atom is -0.348 e. The minimum atomic E-state index is -0.222. The lowest BCUT2D eigenvalue weighted by Crippen LogP contribution is -2.50. The van der Waals surface area contributed by atoms with Gasteiger partial charge in [-0.25, -0.2) is 0 Å². The predicted octanol–water partition coefficient (Wildman–Crippen LogP) is 1.42. The highest BCUT2D eigenvalue weighted by Crippen LogP contribution is 2.25. The third-order valence-corrected chi connectivity index (χ3v) is 4.17. The van der Waals surface area contributed by atoms with E-state index in [1.807, 2.05) is 21.8 Å². The summed E-state index contributed by atoms with van der Waals surface area (Å²) in [6, 6.07) is 2.00. The molecule has 1 unspecified atom stereocenters. The van der Waals surface area contributed by atoms with Crippen molar-refractivity contribution in [2.45, 2.75) is 51.0 Å². The van der Waals surface area contributed by atoms with E-state index in [4.69, 9.17) is 9.47 Å². The van der Waals surface area contributed by atoms with Crippen molar-refractivity contribution in [1.82, 2.24) is 14.7 Å². The Morgan fingerprint density at radius 2 is 2.14 bits per heavy atom. The zero-order chi connectivity index (χ0) is 14.5. The number of amides is 1. The van der Waals surface area contributed by atoms with Crippen LogP contribution in [0.15, 0.2) is 18.5 Å². The fourth-order valence-electron chi connectivity index (χ4n) is 3.12. The molecule has 2 aliphatic heterocycles. The molecule has 0 radical (unpaired) electrons. The number of hydrogen-bond acceptors (Lipinski definition) is 4. The van der Waals surface area contributed by atoms with Gasteiger partial charge in [-0.1, -0.05) is 0 Å². The summed E-state index contributed by atoms with van der Waals surface area (Å²) in [5, 5.41) is 4.16. The molecule has 1 aromatic heterocycles. The van der Waals surface area contributed by atoms with Gasteiger partial charge in [0.25, 0.3) is 0 Å². The first-order chi connectivity index (χ1) is 10.3. The molecule has 116 valence electrons. The van der Waals surface area contributed by atoms with E-state index in [0.717, 1.165) is 38.8 Å². The van der Waals surface area contributed by atoms with Crippen LogP contribution < -0.4 is 0 Å². The zero-order valence-corrected chi connectivity index (χ0v) is 12.3. The highest BCUT2D eigenvalue weighted by Gasteiger charge is 2.35. The van der Waals surface area contributed by atoms with Crippen molar-refractivity contribution in [3.05, 3.63) is 18.5 Å². The van der Waals surface area contributed by atoms with Crippen LogP contribution in [0.1, 0.15) is 32.1 Å². The number of ether oxygens (including phenoxy) is 2. The van der Waals surface area contributed by atoms with Crippen LogP contribution in [0.2, 0.25) is 0 Å². The van der Waals surface area contributed by atoms with Crippen LogP contribution in [0.3, 0.4) is 0 Å². The topological polar surface area (TPSA) is 56.6 Å². The summed E-state index contributed by atoms with van der Waals surface area (Å²) in [4.78, 5) is 14.5. The summed E-state index contributed by atoms with van der Waals surface area (Å²) in [6.07, 6.45) is 8.04. The number of piperidine rings is 1. The van der Waals surface area contributed by atoms with Crippen LogP contribution in [-0.2, 0) is 20.8 Å². The van der Waals surface area contributed by atoms with Crippen LogP contribution >= 0.6 is 0 Å². The van der Waals surface area contributed by atoms with Gasteiger partial charge in [-0.3, -0.25) is 9.48 Å². The minimum absolute atomic E-state index is 0.0958. The third kappa shape index (κ3) is 3.63. The number of aromatic nitrogens is 2. The maximum absolute atomic E-state index is 12.5. The molecule has 2 fully saturated rings. The van der Waals surface area contributed by atoms with E-state index in [1.54, 1.807) is 6.20 Å². The second-order valence-electron chi connectivity index (χ2n) is 5.63. The highest BCUT2D eigenvalue weighted by atomic mass is 16.7. The molecule has 6 heteroatoms. The van der Waals surface area contributed by atoms with Gasteiger partial charge in [0.05, 0.1) is 19.3 Å². The van der Waals surface area contributed by atoms with E-state index in [0.29, 0.717) is 19.6 Å². The van der Waals surface area contributed by atoms with Crippen molar-refractivity contribution in [2.75, 3.05) is 19.8 Å². The Morgan fingerprint density at radius 1 is 1.29 bits per heavy atom. The number of likely N-dealkylation sites (tertiary alicyclic amines) is 1. The first-order valence-corrected chi connectivity index (χ1v) is 7.85. The lowest BCUT2D eigenvalue weighted by atomic mass is 10.0. The second-order valence-corrected chi connectivity index (χ2v) is 5.63. The Morgan fingerprint density at radius 3 is 2.90 bits per heavy atom. The summed E-state index contributed by atoms with van der Waals surface area (Å²) in [5.74, 6) is 0.214. The van der Waals surface area contributed by atoms with Gasteiger partial charge in [-0.2, -0.15) is 5.10 Å². The highest BCUT2D eigenvalue weighted by molar-refractivity contribution is 5.76. The zero-order valence-electron chi connectivity index (χ0n) is 12.3. The molecule has 1 aromatic rings. The molecule has 0 spiro atoms. The lowest BCUT2D eigenvalue weighted by molar-refractivity contribution is -0.150. The molecule has 0 N–H and O–H groups in total. The van der Waals surface area contributed by atoms with Crippen LogP contribution in [0.25, 0.3) is 0 Å². The normalized spacial score (nSPS) is 23.6. The van der Waals surface area contributed by atoms with Crippen LogP contribution in [-0.4, -0.2) is 52.7 Å². The Balaban J connectivity index is 1.51. The Hall–Kier alpha value is -1.40. The molecule has 0 saturated carbocycles. The number of carbonyl (C=O) groups excluding carboxylic acids is 1. The average molecular weight is 293 g/mol. The molecular formula is C15H23N3O3. The van der Waals surface area contributed by atoms with Crippen molar-refractivity contribution < 1.29 is 14.3 Å². The summed E-state index contributed by atoms with van der Waals surface area (Å²) in [6.45, 7) is 2.90. The van der Waals surface area contributed by atoms with E-state index in [-0.39, 0.29) is 18.2 Å². The lowest BCUT2D eigenvalue weighted by Gasteiger charge is -2.38. The van der Waals surface area contributed by atoms with Gasteiger partial charge in [-0.05, 0) is 31.7 Å². The van der Waals surface area contributed by atoms with E-state index >= 15 is 0 Å². The first-order valence-electron chi connectivity index (χ1n) is 7.85. The fraction of sp³-hybridized carbons (Fsp3) is 0.733. The number of hydrogen-bond donors (Lipinski definition) is 0. The monoisotopic (exact) mass is 293 g/mol. The third-order valence-electron chi connectivity index (χ3n) is 4.17. The molecule has 1 atom stereocenters. The number of nitrogens with zero attached hydrogens (tertiary/aromatic N) is 3. The maximum Gasteiger partial charge on any atom is 0.223 e. The SMILES string of the molecule is O=C(CCCn1cccn1)N1CCCCC1C1OCCO1. The van der Waals surface area contributed by atoms with Gasteiger partial charge in [0, 0.05) is 31.9 Å². The Labute approximate surface area is 125 Å². The van der Waals surface area contributed by atoms with E-state index in [2.05, 4.69) is 5.10 Å². The molecule has 3 heterocycles. The summed E-state index contributed by atoms with van der Waals surface area (Å²) in [5.41, 5.74) is 0. The fourth-order valence-corrected chi connectivity index (χ4v) is 3.12. The second kappa shape index (κ2) is 7.04. The van der Waals surface area contributed by atoms with Crippen molar-refractivity contribution in [3.63, 3.8) is 0 Å². The van der Waals surface area contributed by atoms with Gasteiger partial charge >= 0.3 is 0 Å². The number of carbonyl (C=O) groups is 1. The standard InChI is InChI=1S/C15H23N3O3/c19-14(6-3-8-17-9-4-7-16-17)18-10-2-1-5-13(18)15-20-11-12-21-15/h4,7,9,13,15H,1-3,5-6,8,10-12H2. The van der Waals surface area contributed by atoms with Crippen molar-refractivity contribution in [1.29, 1.82) is 0 Å². The molecular weight excluding hydrogens is 270 g/mol. The van der Waals surface area contributed by atoms with E-state index < -0.39 is 0 Å². The van der Waals surface area contributed by atoms with Gasteiger partial charge < -0.3 is 14.4 Å².